The van der Waals surface area contributed by atoms with Gasteiger partial charge in [0.25, 0.3) is 0 Å². The standard InChI is InChI=1S/C24H28ClN3O/c25-22-9-6-10-23(18-22)28-14-12-27(13-15-28)11-4-1-5-16-29-24-17-20-7-2-3-8-21(20)19-26-24/h2-3,6-10,17-19H,1,4-5,11-16H2. The predicted molar refractivity (Wildman–Crippen MR) is 121 cm³/mol. The minimum Gasteiger partial charge on any atom is -0.478 e. The van der Waals surface area contributed by atoms with Crippen LogP contribution in [0.1, 0.15) is 19.3 Å². The first-order valence-electron chi connectivity index (χ1n) is 10.5. The summed E-state index contributed by atoms with van der Waals surface area (Å²) < 4.78 is 5.84. The molecule has 0 unspecified atom stereocenters. The van der Waals surface area contributed by atoms with Crippen molar-refractivity contribution in [3.05, 3.63) is 65.8 Å². The number of aromatic nitrogens is 1. The van der Waals surface area contributed by atoms with Gasteiger partial charge in [-0.2, -0.15) is 0 Å². The van der Waals surface area contributed by atoms with Crippen LogP contribution in [0.15, 0.2) is 60.8 Å². The number of piperazine rings is 1. The van der Waals surface area contributed by atoms with Gasteiger partial charge in [-0.05, 0) is 49.4 Å². The third kappa shape index (κ3) is 5.62. The van der Waals surface area contributed by atoms with Crippen LogP contribution in [0.5, 0.6) is 5.88 Å². The minimum atomic E-state index is 0.723. The van der Waals surface area contributed by atoms with Gasteiger partial charge in [0.2, 0.25) is 5.88 Å². The van der Waals surface area contributed by atoms with Crippen LogP contribution in [0.4, 0.5) is 5.69 Å². The van der Waals surface area contributed by atoms with Crippen molar-refractivity contribution in [2.45, 2.75) is 19.3 Å². The van der Waals surface area contributed by atoms with E-state index in [1.54, 1.807) is 0 Å². The molecule has 152 valence electrons. The number of rotatable bonds is 8. The number of hydrogen-bond donors (Lipinski definition) is 0. The summed E-state index contributed by atoms with van der Waals surface area (Å²) >= 11 is 6.12. The maximum absolute atomic E-state index is 6.12. The molecule has 5 heteroatoms. The van der Waals surface area contributed by atoms with Crippen LogP contribution in [0.3, 0.4) is 0 Å². The summed E-state index contributed by atoms with van der Waals surface area (Å²) in [7, 11) is 0. The number of benzene rings is 2. The van der Waals surface area contributed by atoms with Gasteiger partial charge >= 0.3 is 0 Å². The lowest BCUT2D eigenvalue weighted by molar-refractivity contribution is 0.245. The van der Waals surface area contributed by atoms with Crippen molar-refractivity contribution in [3.63, 3.8) is 0 Å². The Morgan fingerprint density at radius 1 is 0.862 bits per heavy atom. The van der Waals surface area contributed by atoms with Crippen LogP contribution in [0.2, 0.25) is 5.02 Å². The van der Waals surface area contributed by atoms with E-state index in [1.807, 2.05) is 36.5 Å². The van der Waals surface area contributed by atoms with E-state index >= 15 is 0 Å². The summed E-state index contributed by atoms with van der Waals surface area (Å²) in [4.78, 5) is 9.38. The molecule has 1 aromatic heterocycles. The van der Waals surface area contributed by atoms with Gasteiger partial charge in [-0.25, -0.2) is 4.98 Å². The van der Waals surface area contributed by atoms with Crippen molar-refractivity contribution in [3.8, 4) is 5.88 Å². The number of hydrogen-bond acceptors (Lipinski definition) is 4. The molecule has 0 radical (unpaired) electrons. The van der Waals surface area contributed by atoms with E-state index in [-0.39, 0.29) is 0 Å². The molecule has 1 fully saturated rings. The molecule has 1 aliphatic rings. The van der Waals surface area contributed by atoms with E-state index in [0.29, 0.717) is 0 Å². The zero-order valence-corrected chi connectivity index (χ0v) is 17.5. The Hall–Kier alpha value is -2.30. The van der Waals surface area contributed by atoms with Gasteiger partial charge in [-0.15, -0.1) is 0 Å². The molecule has 0 N–H and O–H groups in total. The molecule has 4 nitrogen and oxygen atoms in total. The number of nitrogens with zero attached hydrogens (tertiary/aromatic N) is 3. The van der Waals surface area contributed by atoms with Crippen molar-refractivity contribution >= 4 is 28.1 Å². The highest BCUT2D eigenvalue weighted by atomic mass is 35.5. The zero-order chi connectivity index (χ0) is 19.9. The molecule has 0 spiro atoms. The summed E-state index contributed by atoms with van der Waals surface area (Å²) in [6, 6.07) is 18.4. The van der Waals surface area contributed by atoms with E-state index in [4.69, 9.17) is 16.3 Å². The van der Waals surface area contributed by atoms with Crippen LogP contribution < -0.4 is 9.64 Å². The number of anilines is 1. The Morgan fingerprint density at radius 3 is 2.52 bits per heavy atom. The molecule has 0 bridgehead atoms. The number of ether oxygens (including phenoxy) is 1. The molecular weight excluding hydrogens is 382 g/mol. The third-order valence-electron chi connectivity index (χ3n) is 5.52. The van der Waals surface area contributed by atoms with Crippen LogP contribution >= 0.6 is 11.6 Å². The maximum atomic E-state index is 6.12. The van der Waals surface area contributed by atoms with Gasteiger partial charge in [0.05, 0.1) is 6.61 Å². The Morgan fingerprint density at radius 2 is 1.69 bits per heavy atom. The summed E-state index contributed by atoms with van der Waals surface area (Å²) in [5.41, 5.74) is 1.23. The summed E-state index contributed by atoms with van der Waals surface area (Å²) in [5, 5.41) is 3.13. The lowest BCUT2D eigenvalue weighted by atomic mass is 10.2. The fraction of sp³-hybridized carbons (Fsp3) is 0.375. The first kappa shape index (κ1) is 20.0. The van der Waals surface area contributed by atoms with E-state index in [0.717, 1.165) is 62.0 Å². The van der Waals surface area contributed by atoms with Crippen molar-refractivity contribution < 1.29 is 4.74 Å². The van der Waals surface area contributed by atoms with Gasteiger partial charge < -0.3 is 9.64 Å². The Kier molecular flexibility index (Phi) is 6.86. The normalized spacial score (nSPS) is 15.0. The second-order valence-electron chi connectivity index (χ2n) is 7.59. The molecule has 1 aliphatic heterocycles. The molecule has 4 rings (SSSR count). The highest BCUT2D eigenvalue weighted by molar-refractivity contribution is 6.30. The lowest BCUT2D eigenvalue weighted by Crippen LogP contribution is -2.46. The van der Waals surface area contributed by atoms with Crippen molar-refractivity contribution in [1.29, 1.82) is 0 Å². The molecule has 0 aliphatic carbocycles. The largest absolute Gasteiger partial charge is 0.478 e. The monoisotopic (exact) mass is 409 g/mol. The summed E-state index contributed by atoms with van der Waals surface area (Å²) in [6.07, 6.45) is 5.35. The summed E-state index contributed by atoms with van der Waals surface area (Å²) in [5.74, 6) is 0.723. The topological polar surface area (TPSA) is 28.6 Å². The molecule has 2 heterocycles. The number of pyridine rings is 1. The molecule has 29 heavy (non-hydrogen) atoms. The van der Waals surface area contributed by atoms with Crippen molar-refractivity contribution in [2.24, 2.45) is 0 Å². The minimum absolute atomic E-state index is 0.723. The Labute approximate surface area is 178 Å². The SMILES string of the molecule is Clc1cccc(N2CCN(CCCCCOc3cc4ccccc4cn3)CC2)c1. The third-order valence-corrected chi connectivity index (χ3v) is 5.76. The van der Waals surface area contributed by atoms with Crippen LogP contribution in [-0.2, 0) is 0 Å². The molecule has 0 atom stereocenters. The molecule has 0 saturated carbocycles. The van der Waals surface area contributed by atoms with E-state index in [1.165, 1.54) is 23.9 Å². The number of unbranched alkanes of at least 4 members (excludes halogenated alkanes) is 2. The average molecular weight is 410 g/mol. The predicted octanol–water partition coefficient (Wildman–Crippen LogP) is 5.26. The van der Waals surface area contributed by atoms with Crippen molar-refractivity contribution in [1.82, 2.24) is 9.88 Å². The summed E-state index contributed by atoms with van der Waals surface area (Å²) in [6.45, 7) is 6.26. The van der Waals surface area contributed by atoms with Crippen molar-refractivity contribution in [2.75, 3.05) is 44.2 Å². The molecule has 2 aromatic carbocycles. The maximum Gasteiger partial charge on any atom is 0.213 e. The van der Waals surface area contributed by atoms with Crippen LogP contribution in [-0.4, -0.2) is 49.2 Å². The molecule has 3 aromatic rings. The smallest absolute Gasteiger partial charge is 0.213 e. The highest BCUT2D eigenvalue weighted by Crippen LogP contribution is 2.21. The van der Waals surface area contributed by atoms with E-state index in [2.05, 4.69) is 39.0 Å². The number of halogens is 1. The quantitative estimate of drug-likeness (QED) is 0.474. The van der Waals surface area contributed by atoms with Gasteiger partial charge in [-0.3, -0.25) is 4.90 Å². The first-order chi connectivity index (χ1) is 14.3. The fourth-order valence-electron chi connectivity index (χ4n) is 3.84. The fourth-order valence-corrected chi connectivity index (χ4v) is 4.02. The van der Waals surface area contributed by atoms with Crippen LogP contribution in [0.25, 0.3) is 10.8 Å². The van der Waals surface area contributed by atoms with Gasteiger partial charge in [-0.1, -0.05) is 41.9 Å². The Bertz CT molecular complexity index is 925. The second kappa shape index (κ2) is 9.95. The highest BCUT2D eigenvalue weighted by Gasteiger charge is 2.16. The van der Waals surface area contributed by atoms with Gasteiger partial charge in [0, 0.05) is 54.5 Å². The molecule has 0 amide bonds. The van der Waals surface area contributed by atoms with Gasteiger partial charge in [0.15, 0.2) is 0 Å². The average Bonchev–Trinajstić information content (AvgIpc) is 2.76. The molecule has 1 saturated heterocycles. The van der Waals surface area contributed by atoms with Gasteiger partial charge in [0.1, 0.15) is 0 Å². The lowest BCUT2D eigenvalue weighted by Gasteiger charge is -2.36. The first-order valence-corrected chi connectivity index (χ1v) is 10.9. The molecular formula is C24H28ClN3O. The Balaban J connectivity index is 1.11. The zero-order valence-electron chi connectivity index (χ0n) is 16.8. The van der Waals surface area contributed by atoms with E-state index in [9.17, 15) is 0 Å². The van der Waals surface area contributed by atoms with E-state index < -0.39 is 0 Å². The second-order valence-corrected chi connectivity index (χ2v) is 8.02. The number of fused-ring (bicyclic) bond motifs is 1. The van der Waals surface area contributed by atoms with Crippen LogP contribution in [0, 0.1) is 0 Å².